The average Bonchev–Trinajstić information content (AvgIpc) is 3.07. The molecule has 0 aliphatic carbocycles. The molecule has 0 radical (unpaired) electrons. The van der Waals surface area contributed by atoms with Crippen LogP contribution in [-0.4, -0.2) is 24.0 Å². The minimum Gasteiger partial charge on any atom is -0.454 e. The SMILES string of the molecule is CCCc1nnc(N(C)Cc2ccc3c(c2)OCO3)o1. The second-order valence-corrected chi connectivity index (χ2v) is 4.77. The van der Waals surface area contributed by atoms with E-state index in [0.29, 0.717) is 25.2 Å². The minimum atomic E-state index is 0.290. The molecule has 20 heavy (non-hydrogen) atoms. The van der Waals surface area contributed by atoms with E-state index < -0.39 is 0 Å². The van der Waals surface area contributed by atoms with Gasteiger partial charge in [0.05, 0.1) is 0 Å². The van der Waals surface area contributed by atoms with Crippen LogP contribution in [0.3, 0.4) is 0 Å². The number of hydrogen-bond donors (Lipinski definition) is 0. The number of rotatable bonds is 5. The third kappa shape index (κ3) is 2.54. The van der Waals surface area contributed by atoms with Crippen molar-refractivity contribution in [2.75, 3.05) is 18.7 Å². The van der Waals surface area contributed by atoms with Crippen molar-refractivity contribution in [3.8, 4) is 11.5 Å². The average molecular weight is 275 g/mol. The molecule has 0 amide bonds. The predicted octanol–water partition coefficient (Wildman–Crippen LogP) is 2.39. The number of hydrogen-bond acceptors (Lipinski definition) is 6. The molecule has 0 unspecified atom stereocenters. The molecule has 0 saturated carbocycles. The van der Waals surface area contributed by atoms with Crippen LogP contribution >= 0.6 is 0 Å². The molecule has 6 nitrogen and oxygen atoms in total. The maximum absolute atomic E-state index is 5.60. The Kier molecular flexibility index (Phi) is 3.45. The highest BCUT2D eigenvalue weighted by Gasteiger charge is 2.15. The zero-order valence-corrected chi connectivity index (χ0v) is 11.6. The molecule has 3 rings (SSSR count). The summed E-state index contributed by atoms with van der Waals surface area (Å²) in [5.74, 6) is 2.26. The molecule has 0 saturated heterocycles. The highest BCUT2D eigenvalue weighted by Crippen LogP contribution is 2.33. The second-order valence-electron chi connectivity index (χ2n) is 4.77. The molecule has 2 heterocycles. The fraction of sp³-hybridized carbons (Fsp3) is 0.429. The zero-order chi connectivity index (χ0) is 13.9. The van der Waals surface area contributed by atoms with Crippen molar-refractivity contribution in [3.63, 3.8) is 0 Å². The second kappa shape index (κ2) is 5.40. The van der Waals surface area contributed by atoms with Gasteiger partial charge in [-0.1, -0.05) is 18.1 Å². The maximum atomic E-state index is 5.60. The lowest BCUT2D eigenvalue weighted by molar-refractivity contribution is 0.174. The van der Waals surface area contributed by atoms with Gasteiger partial charge in [0.25, 0.3) is 0 Å². The van der Waals surface area contributed by atoms with E-state index in [0.717, 1.165) is 29.9 Å². The zero-order valence-electron chi connectivity index (χ0n) is 11.6. The fourth-order valence-electron chi connectivity index (χ4n) is 2.09. The molecule has 0 bridgehead atoms. The van der Waals surface area contributed by atoms with E-state index in [1.54, 1.807) is 0 Å². The van der Waals surface area contributed by atoms with Crippen LogP contribution in [0.2, 0.25) is 0 Å². The molecule has 106 valence electrons. The molecule has 0 spiro atoms. The number of ether oxygens (including phenoxy) is 2. The highest BCUT2D eigenvalue weighted by atomic mass is 16.7. The Morgan fingerprint density at radius 1 is 1.20 bits per heavy atom. The van der Waals surface area contributed by atoms with Gasteiger partial charge < -0.3 is 18.8 Å². The Hall–Kier alpha value is -2.24. The minimum absolute atomic E-state index is 0.290. The molecular weight excluding hydrogens is 258 g/mol. The Morgan fingerprint density at radius 2 is 2.05 bits per heavy atom. The molecular formula is C14H17N3O3. The normalized spacial score (nSPS) is 12.7. The smallest absolute Gasteiger partial charge is 0.318 e. The Labute approximate surface area is 117 Å². The summed E-state index contributed by atoms with van der Waals surface area (Å²) in [6.45, 7) is 3.04. The monoisotopic (exact) mass is 275 g/mol. The number of benzene rings is 1. The summed E-state index contributed by atoms with van der Waals surface area (Å²) >= 11 is 0. The molecule has 0 N–H and O–H groups in total. The summed E-state index contributed by atoms with van der Waals surface area (Å²) in [7, 11) is 1.92. The summed E-state index contributed by atoms with van der Waals surface area (Å²) in [6, 6.07) is 6.43. The van der Waals surface area contributed by atoms with Gasteiger partial charge in [-0.05, 0) is 24.1 Å². The van der Waals surface area contributed by atoms with E-state index in [9.17, 15) is 0 Å². The molecule has 0 atom stereocenters. The number of fused-ring (bicyclic) bond motifs is 1. The molecule has 6 heteroatoms. The van der Waals surface area contributed by atoms with Gasteiger partial charge in [0.2, 0.25) is 12.7 Å². The molecule has 1 aromatic carbocycles. The molecule has 0 fully saturated rings. The van der Waals surface area contributed by atoms with Crippen molar-refractivity contribution in [3.05, 3.63) is 29.7 Å². The van der Waals surface area contributed by atoms with Gasteiger partial charge >= 0.3 is 6.01 Å². The van der Waals surface area contributed by atoms with Gasteiger partial charge in [0.15, 0.2) is 11.5 Å². The van der Waals surface area contributed by atoms with Crippen LogP contribution in [0.4, 0.5) is 6.01 Å². The standard InChI is InChI=1S/C14H17N3O3/c1-3-4-13-15-16-14(20-13)17(2)8-10-5-6-11-12(7-10)19-9-18-11/h5-7H,3-4,8-9H2,1-2H3. The molecule has 2 aromatic rings. The predicted molar refractivity (Wildman–Crippen MR) is 73.0 cm³/mol. The van der Waals surface area contributed by atoms with Crippen molar-refractivity contribution >= 4 is 6.01 Å². The number of anilines is 1. The number of nitrogens with zero attached hydrogens (tertiary/aromatic N) is 3. The van der Waals surface area contributed by atoms with Crippen molar-refractivity contribution < 1.29 is 13.9 Å². The maximum Gasteiger partial charge on any atom is 0.318 e. The van der Waals surface area contributed by atoms with Crippen LogP contribution in [0.1, 0.15) is 24.8 Å². The van der Waals surface area contributed by atoms with Crippen LogP contribution in [0.15, 0.2) is 22.6 Å². The van der Waals surface area contributed by atoms with Crippen LogP contribution in [-0.2, 0) is 13.0 Å². The van der Waals surface area contributed by atoms with Crippen LogP contribution in [0, 0.1) is 0 Å². The number of aryl methyl sites for hydroxylation is 1. The van der Waals surface area contributed by atoms with Gasteiger partial charge in [-0.3, -0.25) is 0 Å². The molecule has 1 aliphatic heterocycles. The lowest BCUT2D eigenvalue weighted by atomic mass is 10.2. The van der Waals surface area contributed by atoms with E-state index in [1.807, 2.05) is 30.1 Å². The van der Waals surface area contributed by atoms with Gasteiger partial charge in [0, 0.05) is 20.0 Å². The van der Waals surface area contributed by atoms with E-state index in [2.05, 4.69) is 17.1 Å². The van der Waals surface area contributed by atoms with E-state index in [-0.39, 0.29) is 0 Å². The summed E-state index contributed by atoms with van der Waals surface area (Å²) in [6.07, 6.45) is 1.80. The van der Waals surface area contributed by atoms with Crippen molar-refractivity contribution in [1.29, 1.82) is 0 Å². The Balaban J connectivity index is 1.70. The summed E-state index contributed by atoms with van der Waals surface area (Å²) in [4.78, 5) is 1.92. The van der Waals surface area contributed by atoms with Crippen LogP contribution in [0.25, 0.3) is 0 Å². The van der Waals surface area contributed by atoms with E-state index in [4.69, 9.17) is 13.9 Å². The number of aromatic nitrogens is 2. The van der Waals surface area contributed by atoms with Gasteiger partial charge in [-0.15, -0.1) is 5.10 Å². The van der Waals surface area contributed by atoms with Gasteiger partial charge in [-0.25, -0.2) is 0 Å². The van der Waals surface area contributed by atoms with Crippen molar-refractivity contribution in [2.45, 2.75) is 26.3 Å². The first-order chi connectivity index (χ1) is 9.76. The summed E-state index contributed by atoms with van der Waals surface area (Å²) in [5.41, 5.74) is 1.10. The molecule has 1 aromatic heterocycles. The van der Waals surface area contributed by atoms with Crippen LogP contribution < -0.4 is 14.4 Å². The quantitative estimate of drug-likeness (QED) is 0.835. The largest absolute Gasteiger partial charge is 0.454 e. The first kappa shape index (κ1) is 12.8. The van der Waals surface area contributed by atoms with Crippen LogP contribution in [0.5, 0.6) is 11.5 Å². The topological polar surface area (TPSA) is 60.6 Å². The summed E-state index contributed by atoms with van der Waals surface area (Å²) < 4.78 is 16.3. The third-order valence-corrected chi connectivity index (χ3v) is 3.10. The highest BCUT2D eigenvalue weighted by molar-refractivity contribution is 5.45. The van der Waals surface area contributed by atoms with Gasteiger partial charge in [0.1, 0.15) is 0 Å². The fourth-order valence-corrected chi connectivity index (χ4v) is 2.09. The lowest BCUT2D eigenvalue weighted by Gasteiger charge is -2.14. The lowest BCUT2D eigenvalue weighted by Crippen LogP contribution is -2.16. The molecule has 1 aliphatic rings. The first-order valence-electron chi connectivity index (χ1n) is 6.68. The van der Waals surface area contributed by atoms with Gasteiger partial charge in [-0.2, -0.15) is 0 Å². The van der Waals surface area contributed by atoms with E-state index >= 15 is 0 Å². The first-order valence-corrected chi connectivity index (χ1v) is 6.68. The summed E-state index contributed by atoms with van der Waals surface area (Å²) in [5, 5.41) is 8.08. The Morgan fingerprint density at radius 3 is 2.90 bits per heavy atom. The Bertz CT molecular complexity index is 597. The van der Waals surface area contributed by atoms with Crippen molar-refractivity contribution in [2.24, 2.45) is 0 Å². The van der Waals surface area contributed by atoms with Crippen molar-refractivity contribution in [1.82, 2.24) is 10.2 Å². The van der Waals surface area contributed by atoms with E-state index in [1.165, 1.54) is 0 Å². The third-order valence-electron chi connectivity index (χ3n) is 3.10.